The normalized spacial score (nSPS) is 11.1. The monoisotopic (exact) mass is 213 g/mol. The highest BCUT2D eigenvalue weighted by Gasteiger charge is 2.12. The van der Waals surface area contributed by atoms with E-state index in [-0.39, 0.29) is 0 Å². The van der Waals surface area contributed by atoms with Crippen LogP contribution in [0.3, 0.4) is 0 Å². The van der Waals surface area contributed by atoms with Crippen molar-refractivity contribution in [1.29, 1.82) is 0 Å². The second-order valence-corrected chi connectivity index (χ2v) is 3.58. The van der Waals surface area contributed by atoms with Gasteiger partial charge in [-0.3, -0.25) is 0 Å². The topological polar surface area (TPSA) is 43.9 Å². The molecule has 0 amide bonds. The van der Waals surface area contributed by atoms with E-state index in [2.05, 4.69) is 39.9 Å². The number of nitrogens with zero attached hydrogens (tertiary/aromatic N) is 3. The number of benzene rings is 1. The maximum Gasteiger partial charge on any atom is 0.264 e. The number of aryl methyl sites for hydroxylation is 1. The van der Waals surface area contributed by atoms with Gasteiger partial charge in [-0.1, -0.05) is 18.2 Å². The van der Waals surface area contributed by atoms with Gasteiger partial charge in [0.2, 0.25) is 6.39 Å². The maximum atomic E-state index is 5.25. The summed E-state index contributed by atoms with van der Waals surface area (Å²) in [4.78, 5) is 0. The van der Waals surface area contributed by atoms with E-state index >= 15 is 0 Å². The quantitative estimate of drug-likeness (QED) is 0.657. The van der Waals surface area contributed by atoms with Crippen molar-refractivity contribution < 1.29 is 4.42 Å². The molecule has 0 unspecified atom stereocenters. The number of hydrogen-bond donors (Lipinski definition) is 0. The van der Waals surface area contributed by atoms with Crippen molar-refractivity contribution in [2.75, 3.05) is 0 Å². The molecule has 4 heteroatoms. The van der Waals surface area contributed by atoms with Gasteiger partial charge >= 0.3 is 0 Å². The van der Waals surface area contributed by atoms with Gasteiger partial charge in [0.25, 0.3) is 5.89 Å². The number of rotatable bonds is 2. The summed E-state index contributed by atoms with van der Waals surface area (Å²) in [5.41, 5.74) is 2.17. The lowest BCUT2D eigenvalue weighted by Gasteiger charge is -2.03. The third-order valence-electron chi connectivity index (χ3n) is 2.71. The summed E-state index contributed by atoms with van der Waals surface area (Å²) in [5, 5.41) is 8.86. The lowest BCUT2D eigenvalue weighted by Crippen LogP contribution is -1.96. The van der Waals surface area contributed by atoms with Gasteiger partial charge in [0, 0.05) is 17.4 Å². The molecule has 0 N–H and O–H groups in total. The minimum absolute atomic E-state index is 0.568. The summed E-state index contributed by atoms with van der Waals surface area (Å²) in [6.45, 7) is 2.98. The summed E-state index contributed by atoms with van der Waals surface area (Å²) in [5.74, 6) is 0.568. The molecular weight excluding hydrogens is 202 g/mol. The Morgan fingerprint density at radius 1 is 1.31 bits per heavy atom. The molecule has 16 heavy (non-hydrogen) atoms. The molecule has 0 saturated carbocycles. The Kier molecular flexibility index (Phi) is 1.99. The predicted molar refractivity (Wildman–Crippen MR) is 60.9 cm³/mol. The van der Waals surface area contributed by atoms with Crippen LogP contribution in [-0.2, 0) is 6.54 Å². The highest BCUT2D eigenvalue weighted by molar-refractivity contribution is 5.85. The summed E-state index contributed by atoms with van der Waals surface area (Å²) >= 11 is 0. The summed E-state index contributed by atoms with van der Waals surface area (Å²) in [7, 11) is 0. The van der Waals surface area contributed by atoms with Crippen LogP contribution in [-0.4, -0.2) is 14.8 Å². The zero-order valence-electron chi connectivity index (χ0n) is 8.92. The number of para-hydroxylation sites is 1. The van der Waals surface area contributed by atoms with Crippen LogP contribution in [0.2, 0.25) is 0 Å². The molecule has 4 nitrogen and oxygen atoms in total. The van der Waals surface area contributed by atoms with Gasteiger partial charge in [-0.25, -0.2) is 0 Å². The molecule has 3 aromatic rings. The van der Waals surface area contributed by atoms with E-state index in [0.29, 0.717) is 5.89 Å². The second kappa shape index (κ2) is 3.48. The molecule has 2 heterocycles. The molecule has 0 aliphatic heterocycles. The Balaban J connectivity index is 2.32. The van der Waals surface area contributed by atoms with Gasteiger partial charge in [-0.2, -0.15) is 0 Å². The van der Waals surface area contributed by atoms with Crippen molar-refractivity contribution in [3.8, 4) is 11.6 Å². The van der Waals surface area contributed by atoms with E-state index in [4.69, 9.17) is 4.42 Å². The first-order valence-corrected chi connectivity index (χ1v) is 5.25. The Morgan fingerprint density at radius 2 is 2.19 bits per heavy atom. The minimum Gasteiger partial charge on any atom is -0.422 e. The van der Waals surface area contributed by atoms with E-state index in [1.54, 1.807) is 0 Å². The summed E-state index contributed by atoms with van der Waals surface area (Å²) in [6.07, 6.45) is 1.35. The van der Waals surface area contributed by atoms with Crippen LogP contribution in [0.4, 0.5) is 0 Å². The fourth-order valence-electron chi connectivity index (χ4n) is 2.01. The van der Waals surface area contributed by atoms with Crippen molar-refractivity contribution in [1.82, 2.24) is 14.8 Å². The van der Waals surface area contributed by atoms with Crippen molar-refractivity contribution in [3.63, 3.8) is 0 Å². The molecule has 0 atom stereocenters. The van der Waals surface area contributed by atoms with Crippen LogP contribution in [0.15, 0.2) is 41.1 Å². The van der Waals surface area contributed by atoms with Crippen LogP contribution in [0, 0.1) is 0 Å². The van der Waals surface area contributed by atoms with Crippen LogP contribution < -0.4 is 0 Å². The molecule has 0 bridgehead atoms. The Bertz CT molecular complexity index is 610. The van der Waals surface area contributed by atoms with Gasteiger partial charge in [0.15, 0.2) is 0 Å². The van der Waals surface area contributed by atoms with Crippen molar-refractivity contribution in [2.24, 2.45) is 0 Å². The summed E-state index contributed by atoms with van der Waals surface area (Å²) < 4.78 is 7.42. The van der Waals surface area contributed by atoms with E-state index < -0.39 is 0 Å². The first-order chi connectivity index (χ1) is 7.90. The smallest absolute Gasteiger partial charge is 0.264 e. The summed E-state index contributed by atoms with van der Waals surface area (Å²) in [6, 6.07) is 10.3. The highest BCUT2D eigenvalue weighted by Crippen LogP contribution is 2.26. The van der Waals surface area contributed by atoms with E-state index in [1.807, 2.05) is 12.1 Å². The first kappa shape index (κ1) is 9.15. The van der Waals surface area contributed by atoms with Gasteiger partial charge < -0.3 is 8.98 Å². The molecule has 0 fully saturated rings. The van der Waals surface area contributed by atoms with E-state index in [1.165, 1.54) is 17.3 Å². The molecule has 0 radical (unpaired) electrons. The molecule has 3 rings (SSSR count). The third kappa shape index (κ3) is 1.23. The number of fused-ring (bicyclic) bond motifs is 1. The average molecular weight is 213 g/mol. The maximum absolute atomic E-state index is 5.25. The second-order valence-electron chi connectivity index (χ2n) is 3.58. The van der Waals surface area contributed by atoms with Gasteiger partial charge in [-0.15, -0.1) is 10.2 Å². The van der Waals surface area contributed by atoms with Gasteiger partial charge in [0.1, 0.15) is 5.69 Å². The molecule has 0 aliphatic carbocycles. The zero-order valence-corrected chi connectivity index (χ0v) is 8.92. The Labute approximate surface area is 92.5 Å². The van der Waals surface area contributed by atoms with Gasteiger partial charge in [-0.05, 0) is 19.1 Å². The van der Waals surface area contributed by atoms with E-state index in [9.17, 15) is 0 Å². The molecule has 0 spiro atoms. The molecule has 2 aromatic heterocycles. The Hall–Kier alpha value is -2.10. The number of hydrogen-bond acceptors (Lipinski definition) is 3. The minimum atomic E-state index is 0.568. The average Bonchev–Trinajstić information content (AvgIpc) is 2.95. The van der Waals surface area contributed by atoms with Crippen molar-refractivity contribution in [2.45, 2.75) is 13.5 Å². The van der Waals surface area contributed by atoms with Crippen molar-refractivity contribution >= 4 is 10.9 Å². The SMILES string of the molecule is CCn1c(-c2nnco2)cc2ccccc21. The Morgan fingerprint density at radius 3 is 2.94 bits per heavy atom. The van der Waals surface area contributed by atoms with E-state index in [0.717, 1.165) is 12.2 Å². The van der Waals surface area contributed by atoms with Crippen LogP contribution in [0.5, 0.6) is 0 Å². The lowest BCUT2D eigenvalue weighted by molar-refractivity contribution is 0.561. The molecule has 0 saturated heterocycles. The molecule has 80 valence electrons. The van der Waals surface area contributed by atoms with Crippen LogP contribution in [0.25, 0.3) is 22.5 Å². The number of aromatic nitrogens is 3. The molecule has 1 aromatic carbocycles. The molecular formula is C12H11N3O. The van der Waals surface area contributed by atoms with Crippen molar-refractivity contribution in [3.05, 3.63) is 36.7 Å². The zero-order chi connectivity index (χ0) is 11.0. The third-order valence-corrected chi connectivity index (χ3v) is 2.71. The predicted octanol–water partition coefficient (Wildman–Crippen LogP) is 2.71. The standard InChI is InChI=1S/C12H11N3O/c1-2-15-10-6-4-3-5-9(10)7-11(15)12-14-13-8-16-12/h3-8H,2H2,1H3. The fourth-order valence-corrected chi connectivity index (χ4v) is 2.01. The highest BCUT2D eigenvalue weighted by atomic mass is 16.4. The lowest BCUT2D eigenvalue weighted by atomic mass is 10.2. The van der Waals surface area contributed by atoms with Crippen LogP contribution >= 0.6 is 0 Å². The first-order valence-electron chi connectivity index (χ1n) is 5.25. The van der Waals surface area contributed by atoms with Crippen LogP contribution in [0.1, 0.15) is 6.92 Å². The fraction of sp³-hybridized carbons (Fsp3) is 0.167. The van der Waals surface area contributed by atoms with Gasteiger partial charge in [0.05, 0.1) is 0 Å². The largest absolute Gasteiger partial charge is 0.422 e. The molecule has 0 aliphatic rings.